The molecule has 2 aromatic rings. The highest BCUT2D eigenvalue weighted by Crippen LogP contribution is 2.46. The summed E-state index contributed by atoms with van der Waals surface area (Å²) in [6.07, 6.45) is 7.37. The van der Waals surface area contributed by atoms with Crippen molar-refractivity contribution in [1.29, 1.82) is 0 Å². The Bertz CT molecular complexity index is 929. The molecule has 2 aromatic carbocycles. The molecule has 0 saturated heterocycles. The average molecular weight is 423 g/mol. The molecule has 1 atom stereocenters. The third-order valence-electron chi connectivity index (χ3n) is 6.48. The van der Waals surface area contributed by atoms with Gasteiger partial charge in [-0.25, -0.2) is 0 Å². The summed E-state index contributed by atoms with van der Waals surface area (Å²) in [7, 11) is 1.50. The van der Waals surface area contributed by atoms with E-state index >= 15 is 0 Å². The molecule has 1 aliphatic heterocycles. The first kappa shape index (κ1) is 21.7. The smallest absolute Gasteiger partial charge is 0.313 e. The number of carbonyl (C=O) groups is 1. The highest BCUT2D eigenvalue weighted by molar-refractivity contribution is 5.86. The standard InChI is InChI=1S/C27H34O4/c1-4-5-14-31-24-12-8-18(2)25(22(27(28)29-3)16-19-9-10-19)26(24)21-11-13-23-20(17-21)7-6-15-30-23/h8,11-13,17,19,22H,4-7,9-10,14-16H2,1-3H3. The van der Waals surface area contributed by atoms with Gasteiger partial charge in [0, 0.05) is 5.56 Å². The van der Waals surface area contributed by atoms with Crippen molar-refractivity contribution in [3.63, 3.8) is 0 Å². The van der Waals surface area contributed by atoms with Gasteiger partial charge in [-0.1, -0.05) is 38.3 Å². The number of fused-ring (bicyclic) bond motifs is 1. The lowest BCUT2D eigenvalue weighted by Crippen LogP contribution is -2.18. The third kappa shape index (κ3) is 4.89. The van der Waals surface area contributed by atoms with E-state index in [-0.39, 0.29) is 11.9 Å². The van der Waals surface area contributed by atoms with Gasteiger partial charge in [-0.2, -0.15) is 0 Å². The minimum Gasteiger partial charge on any atom is -0.493 e. The van der Waals surface area contributed by atoms with E-state index in [4.69, 9.17) is 14.2 Å². The molecule has 0 amide bonds. The number of carbonyl (C=O) groups excluding carboxylic acids is 1. The molecular weight excluding hydrogens is 388 g/mol. The van der Waals surface area contributed by atoms with E-state index in [2.05, 4.69) is 44.2 Å². The van der Waals surface area contributed by atoms with Crippen LogP contribution in [0.4, 0.5) is 0 Å². The predicted octanol–water partition coefficient (Wildman–Crippen LogP) is 6.22. The molecule has 1 unspecified atom stereocenters. The summed E-state index contributed by atoms with van der Waals surface area (Å²) in [6, 6.07) is 10.6. The van der Waals surface area contributed by atoms with E-state index in [0.29, 0.717) is 12.5 Å². The second kappa shape index (κ2) is 9.76. The molecule has 1 heterocycles. The van der Waals surface area contributed by atoms with Crippen molar-refractivity contribution in [3.8, 4) is 22.6 Å². The van der Waals surface area contributed by atoms with Crippen LogP contribution < -0.4 is 9.47 Å². The van der Waals surface area contributed by atoms with Crippen LogP contribution in [0.2, 0.25) is 0 Å². The second-order valence-electron chi connectivity index (χ2n) is 8.90. The van der Waals surface area contributed by atoms with Gasteiger partial charge in [0.05, 0.1) is 26.2 Å². The zero-order valence-corrected chi connectivity index (χ0v) is 19.0. The lowest BCUT2D eigenvalue weighted by molar-refractivity contribution is -0.142. The van der Waals surface area contributed by atoms with E-state index < -0.39 is 0 Å². The molecule has 31 heavy (non-hydrogen) atoms. The minimum absolute atomic E-state index is 0.150. The summed E-state index contributed by atoms with van der Waals surface area (Å²) >= 11 is 0. The maximum Gasteiger partial charge on any atom is 0.313 e. The fourth-order valence-electron chi connectivity index (χ4n) is 4.57. The lowest BCUT2D eigenvalue weighted by Gasteiger charge is -2.25. The summed E-state index contributed by atoms with van der Waals surface area (Å²) in [5.41, 5.74) is 5.54. The molecule has 4 rings (SSSR count). The molecule has 0 N–H and O–H groups in total. The molecule has 1 fully saturated rings. The normalized spacial score (nSPS) is 16.2. The van der Waals surface area contributed by atoms with Crippen LogP contribution in [-0.2, 0) is 16.0 Å². The Morgan fingerprint density at radius 3 is 2.81 bits per heavy atom. The zero-order chi connectivity index (χ0) is 21.8. The lowest BCUT2D eigenvalue weighted by atomic mass is 9.83. The van der Waals surface area contributed by atoms with Gasteiger partial charge >= 0.3 is 5.97 Å². The number of hydrogen-bond donors (Lipinski definition) is 0. The fraction of sp³-hybridized carbons (Fsp3) is 0.519. The van der Waals surface area contributed by atoms with Crippen molar-refractivity contribution in [3.05, 3.63) is 47.0 Å². The predicted molar refractivity (Wildman–Crippen MR) is 123 cm³/mol. The first-order valence-corrected chi connectivity index (χ1v) is 11.7. The molecule has 0 bridgehead atoms. The van der Waals surface area contributed by atoms with Crippen LogP contribution in [0.5, 0.6) is 11.5 Å². The second-order valence-corrected chi connectivity index (χ2v) is 8.90. The number of ether oxygens (including phenoxy) is 3. The number of benzene rings is 2. The van der Waals surface area contributed by atoms with Crippen LogP contribution in [-0.4, -0.2) is 26.3 Å². The van der Waals surface area contributed by atoms with Crippen molar-refractivity contribution in [1.82, 2.24) is 0 Å². The quantitative estimate of drug-likeness (QED) is 0.355. The van der Waals surface area contributed by atoms with Gasteiger partial charge in [0.1, 0.15) is 11.5 Å². The third-order valence-corrected chi connectivity index (χ3v) is 6.48. The highest BCUT2D eigenvalue weighted by Gasteiger charge is 2.34. The van der Waals surface area contributed by atoms with E-state index in [1.807, 2.05) is 0 Å². The first-order chi connectivity index (χ1) is 15.1. The van der Waals surface area contributed by atoms with E-state index in [9.17, 15) is 4.79 Å². The number of hydrogen-bond acceptors (Lipinski definition) is 4. The maximum absolute atomic E-state index is 12.9. The van der Waals surface area contributed by atoms with E-state index in [1.54, 1.807) is 0 Å². The molecule has 1 saturated carbocycles. The Hall–Kier alpha value is -2.49. The molecule has 1 aliphatic carbocycles. The van der Waals surface area contributed by atoms with Crippen LogP contribution in [0, 0.1) is 12.8 Å². The van der Waals surface area contributed by atoms with Crippen LogP contribution in [0.25, 0.3) is 11.1 Å². The van der Waals surface area contributed by atoms with Gasteiger partial charge in [-0.15, -0.1) is 0 Å². The summed E-state index contributed by atoms with van der Waals surface area (Å²) in [6.45, 7) is 5.71. The molecule has 0 spiro atoms. The summed E-state index contributed by atoms with van der Waals surface area (Å²) in [5, 5.41) is 0. The summed E-state index contributed by atoms with van der Waals surface area (Å²) in [5.74, 6) is 2.02. The average Bonchev–Trinajstić information content (AvgIpc) is 3.62. The molecule has 4 heteroatoms. The molecule has 166 valence electrons. The Balaban J connectivity index is 1.84. The van der Waals surface area contributed by atoms with Crippen molar-refractivity contribution >= 4 is 5.97 Å². The van der Waals surface area contributed by atoms with Gasteiger partial charge in [0.15, 0.2) is 0 Å². The van der Waals surface area contributed by atoms with Crippen molar-refractivity contribution < 1.29 is 19.0 Å². The Kier molecular flexibility index (Phi) is 6.84. The largest absolute Gasteiger partial charge is 0.493 e. The molecule has 0 radical (unpaired) electrons. The van der Waals surface area contributed by atoms with Crippen LogP contribution in [0.3, 0.4) is 0 Å². The summed E-state index contributed by atoms with van der Waals surface area (Å²) in [4.78, 5) is 12.9. The minimum atomic E-state index is -0.269. The van der Waals surface area contributed by atoms with Crippen molar-refractivity contribution in [2.45, 2.75) is 64.7 Å². The van der Waals surface area contributed by atoms with Gasteiger partial charge in [-0.05, 0) is 79.0 Å². The molecule has 4 nitrogen and oxygen atoms in total. The number of methoxy groups -OCH3 is 1. The molecule has 0 aromatic heterocycles. The zero-order valence-electron chi connectivity index (χ0n) is 19.0. The molecular formula is C27H34O4. The van der Waals surface area contributed by atoms with Gasteiger partial charge in [0.2, 0.25) is 0 Å². The summed E-state index contributed by atoms with van der Waals surface area (Å²) < 4.78 is 17.4. The van der Waals surface area contributed by atoms with Crippen LogP contribution in [0.15, 0.2) is 30.3 Å². The van der Waals surface area contributed by atoms with Crippen LogP contribution in [0.1, 0.15) is 68.1 Å². The number of unbranched alkanes of at least 4 members (excludes halogenated alkanes) is 1. The highest BCUT2D eigenvalue weighted by atomic mass is 16.5. The Morgan fingerprint density at radius 2 is 2.06 bits per heavy atom. The maximum atomic E-state index is 12.9. The van der Waals surface area contributed by atoms with Crippen LogP contribution >= 0.6 is 0 Å². The Morgan fingerprint density at radius 1 is 1.23 bits per heavy atom. The number of rotatable bonds is 9. The van der Waals surface area contributed by atoms with Crippen molar-refractivity contribution in [2.75, 3.05) is 20.3 Å². The number of aryl methyl sites for hydroxylation is 2. The Labute approximate surface area is 185 Å². The van der Waals surface area contributed by atoms with Gasteiger partial charge in [0.25, 0.3) is 0 Å². The van der Waals surface area contributed by atoms with Gasteiger partial charge < -0.3 is 14.2 Å². The topological polar surface area (TPSA) is 44.8 Å². The SMILES string of the molecule is CCCCOc1ccc(C)c(C(CC2CC2)C(=O)OC)c1-c1ccc2c(c1)CCCO2. The monoisotopic (exact) mass is 422 g/mol. The first-order valence-electron chi connectivity index (χ1n) is 11.7. The van der Waals surface area contributed by atoms with E-state index in [0.717, 1.165) is 72.5 Å². The fourth-order valence-corrected chi connectivity index (χ4v) is 4.57. The number of esters is 1. The van der Waals surface area contributed by atoms with E-state index in [1.165, 1.54) is 25.5 Å². The van der Waals surface area contributed by atoms with Crippen molar-refractivity contribution in [2.24, 2.45) is 5.92 Å². The molecule has 2 aliphatic rings. The van der Waals surface area contributed by atoms with Gasteiger partial charge in [-0.3, -0.25) is 4.79 Å².